The first-order valence-electron chi connectivity index (χ1n) is 18.0. The van der Waals surface area contributed by atoms with Crippen LogP contribution in [-0.4, -0.2) is 9.97 Å². The van der Waals surface area contributed by atoms with Crippen LogP contribution in [0.15, 0.2) is 126 Å². The van der Waals surface area contributed by atoms with Crippen molar-refractivity contribution < 1.29 is 31.4 Å². The predicted molar refractivity (Wildman–Crippen MR) is 198 cm³/mol. The Morgan fingerprint density at radius 3 is 2.29 bits per heavy atom. The Kier molecular flexibility index (Phi) is 7.37. The van der Waals surface area contributed by atoms with E-state index in [2.05, 4.69) is 70.6 Å². The van der Waals surface area contributed by atoms with Gasteiger partial charge in [-0.15, -0.1) is 65.4 Å². The van der Waals surface area contributed by atoms with Crippen molar-refractivity contribution in [1.29, 1.82) is 0 Å². The second-order valence-electron chi connectivity index (χ2n) is 11.7. The van der Waals surface area contributed by atoms with Gasteiger partial charge in [0.05, 0.1) is 5.58 Å². The first-order chi connectivity index (χ1) is 25.0. The number of hydrogen-bond donors (Lipinski definition) is 0. The molecule has 0 spiro atoms. The zero-order chi connectivity index (χ0) is 36.2. The molecule has 0 aliphatic rings. The van der Waals surface area contributed by atoms with E-state index < -0.39 is 13.2 Å². The van der Waals surface area contributed by atoms with Gasteiger partial charge >= 0.3 is 0 Å². The van der Waals surface area contributed by atoms with Crippen LogP contribution in [0.2, 0.25) is 0 Å². The third kappa shape index (κ3) is 5.95. The summed E-state index contributed by atoms with van der Waals surface area (Å²) in [5, 5.41) is 6.90. The SMILES string of the molecule is [2H]C([2H])([2H])c1ccc(-c2[c-]cccc2)nc1.[2H]C([2H])(c1ccnc(-c2[c-]ccc3c2oc2c3ccc3c2ccc2c4ccccc4sc23)c1)C(C)C.[Ir]. The third-order valence-electron chi connectivity index (χ3n) is 8.15. The third-order valence-corrected chi connectivity index (χ3v) is 9.37. The largest absolute Gasteiger partial charge is 0.500 e. The van der Waals surface area contributed by atoms with Crippen molar-refractivity contribution in [3.8, 4) is 22.5 Å². The van der Waals surface area contributed by atoms with Crippen LogP contribution in [0, 0.1) is 24.9 Å². The van der Waals surface area contributed by atoms with Crippen LogP contribution in [0.25, 0.3) is 75.4 Å². The van der Waals surface area contributed by atoms with Gasteiger partial charge < -0.3 is 14.4 Å². The van der Waals surface area contributed by atoms with Gasteiger partial charge in [0, 0.05) is 75.7 Å². The van der Waals surface area contributed by atoms with Crippen molar-refractivity contribution >= 4 is 64.2 Å². The molecule has 1 radical (unpaired) electrons. The van der Waals surface area contributed by atoms with E-state index in [1.807, 2.05) is 61.6 Å². The fourth-order valence-electron chi connectivity index (χ4n) is 6.07. The van der Waals surface area contributed by atoms with Gasteiger partial charge in [0.25, 0.3) is 0 Å². The van der Waals surface area contributed by atoms with E-state index in [1.54, 1.807) is 30.5 Å². The van der Waals surface area contributed by atoms with Crippen LogP contribution in [0.3, 0.4) is 0 Å². The molecule has 0 bridgehead atoms. The normalized spacial score (nSPS) is 13.4. The fraction of sp³-hybridized carbons (Fsp3) is 0.116. The Bertz CT molecular complexity index is 2740. The summed E-state index contributed by atoms with van der Waals surface area (Å²) in [7, 11) is 0. The predicted octanol–water partition coefficient (Wildman–Crippen LogP) is 12.0. The van der Waals surface area contributed by atoms with Crippen molar-refractivity contribution in [3.05, 3.63) is 145 Å². The van der Waals surface area contributed by atoms with Crippen LogP contribution in [-0.2, 0) is 26.5 Å². The molecule has 0 unspecified atom stereocenters. The molecule has 4 heterocycles. The van der Waals surface area contributed by atoms with Gasteiger partial charge in [0.2, 0.25) is 0 Å². The Morgan fingerprint density at radius 1 is 0.750 bits per heavy atom. The number of fused-ring (bicyclic) bond motifs is 9. The minimum Gasteiger partial charge on any atom is -0.500 e. The summed E-state index contributed by atoms with van der Waals surface area (Å²) >= 11 is 1.82. The first kappa shape index (κ1) is 26.3. The van der Waals surface area contributed by atoms with Crippen molar-refractivity contribution in [2.45, 2.75) is 27.1 Å². The van der Waals surface area contributed by atoms with Crippen LogP contribution in [0.5, 0.6) is 0 Å². The monoisotopic (exact) mass is 822 g/mol. The number of nitrogens with zero attached hydrogens (tertiary/aromatic N) is 2. The topological polar surface area (TPSA) is 38.9 Å². The molecule has 9 rings (SSSR count). The molecule has 0 aliphatic carbocycles. The van der Waals surface area contributed by atoms with E-state index in [-0.39, 0.29) is 31.6 Å². The van der Waals surface area contributed by atoms with Crippen molar-refractivity contribution in [2.24, 2.45) is 5.92 Å². The fourth-order valence-corrected chi connectivity index (χ4v) is 7.30. The number of benzene rings is 5. The molecule has 5 heteroatoms. The molecule has 4 aromatic heterocycles. The quantitative estimate of drug-likeness (QED) is 0.166. The molecule has 3 nitrogen and oxygen atoms in total. The molecule has 5 aromatic carbocycles. The van der Waals surface area contributed by atoms with E-state index in [1.165, 1.54) is 31.8 Å². The average molecular weight is 822 g/mol. The smallest absolute Gasteiger partial charge is 0.128 e. The zero-order valence-electron chi connectivity index (χ0n) is 31.2. The molecule has 0 atom stereocenters. The summed E-state index contributed by atoms with van der Waals surface area (Å²) in [6.07, 6.45) is 1.61. The maximum absolute atomic E-state index is 8.53. The first-order valence-corrected chi connectivity index (χ1v) is 16.3. The molecule has 0 amide bonds. The van der Waals surface area contributed by atoms with Gasteiger partial charge in [0.15, 0.2) is 0 Å². The molecular weight excluding hydrogens is 785 g/mol. The van der Waals surface area contributed by atoms with Crippen molar-refractivity contribution in [3.63, 3.8) is 0 Å². The standard InChI is InChI=1S/C31H22NOS.C12H10N.Ir/c1-18(2)16-19-14-15-32-27(17-19)26-8-5-7-21-22-10-13-25-23(29(22)33-30(21)26)11-12-24-20-6-3-4-9-28(20)34-31(24)25;1-10-7-8-12(13-9-10)11-5-3-2-4-6-11;/h3-7,9-15,17-18H,16H2,1-2H3;2-5,7-9H,1H3;/q2*-1;/i16D2;1D3;. The summed E-state index contributed by atoms with van der Waals surface area (Å²) in [4.78, 5) is 8.70. The maximum Gasteiger partial charge on any atom is 0.128 e. The minimum absolute atomic E-state index is 0. The second-order valence-corrected chi connectivity index (χ2v) is 12.8. The van der Waals surface area contributed by atoms with E-state index in [0.29, 0.717) is 11.3 Å². The summed E-state index contributed by atoms with van der Waals surface area (Å²) in [6.45, 7) is 1.70. The summed E-state index contributed by atoms with van der Waals surface area (Å²) < 4.78 is 47.9. The Hall–Kier alpha value is -4.67. The molecule has 0 fully saturated rings. The number of pyridine rings is 2. The number of thiophene rings is 1. The van der Waals surface area contributed by atoms with Gasteiger partial charge in [-0.05, 0) is 54.3 Å². The van der Waals surface area contributed by atoms with Crippen molar-refractivity contribution in [2.75, 3.05) is 0 Å². The number of furan rings is 1. The van der Waals surface area contributed by atoms with Gasteiger partial charge in [0.1, 0.15) is 5.58 Å². The van der Waals surface area contributed by atoms with Gasteiger partial charge in [-0.25, -0.2) is 0 Å². The molecular formula is C43H32IrN2OS-2. The molecule has 0 saturated carbocycles. The van der Waals surface area contributed by atoms with E-state index >= 15 is 0 Å². The number of aromatic nitrogens is 2. The molecule has 9 aromatic rings. The van der Waals surface area contributed by atoms with E-state index in [9.17, 15) is 0 Å². The summed E-state index contributed by atoms with van der Waals surface area (Å²) in [5.41, 5.74) is 5.46. The molecule has 237 valence electrons. The summed E-state index contributed by atoms with van der Waals surface area (Å²) in [5.74, 6) is -0.157. The molecule has 0 saturated heterocycles. The average Bonchev–Trinajstić information content (AvgIpc) is 3.74. The van der Waals surface area contributed by atoms with E-state index in [0.717, 1.165) is 44.1 Å². The van der Waals surface area contributed by atoms with Crippen molar-refractivity contribution in [1.82, 2.24) is 9.97 Å². The van der Waals surface area contributed by atoms with Gasteiger partial charge in [-0.1, -0.05) is 85.0 Å². The maximum atomic E-state index is 8.53. The Balaban J connectivity index is 0.000000216. The Morgan fingerprint density at radius 2 is 1.52 bits per heavy atom. The zero-order valence-corrected chi connectivity index (χ0v) is 29.4. The number of rotatable bonds is 4. The van der Waals surface area contributed by atoms with Crippen LogP contribution >= 0.6 is 11.3 Å². The van der Waals surface area contributed by atoms with Crippen LogP contribution < -0.4 is 0 Å². The van der Waals surface area contributed by atoms with Gasteiger partial charge in [-0.2, -0.15) is 0 Å². The number of aryl methyl sites for hydroxylation is 1. The summed E-state index contributed by atoms with van der Waals surface area (Å²) in [6, 6.07) is 41.9. The van der Waals surface area contributed by atoms with Crippen LogP contribution in [0.4, 0.5) is 0 Å². The second kappa shape index (κ2) is 13.4. The number of hydrogen-bond acceptors (Lipinski definition) is 4. The van der Waals surface area contributed by atoms with Crippen LogP contribution in [0.1, 0.15) is 31.8 Å². The molecule has 0 N–H and O–H groups in total. The Labute approximate surface area is 304 Å². The minimum atomic E-state index is -2.09. The molecule has 0 aliphatic heterocycles. The van der Waals surface area contributed by atoms with E-state index in [4.69, 9.17) is 11.3 Å². The molecule has 48 heavy (non-hydrogen) atoms. The van der Waals surface area contributed by atoms with Gasteiger partial charge in [-0.3, -0.25) is 0 Å².